The summed E-state index contributed by atoms with van der Waals surface area (Å²) in [6.45, 7) is 28.8. The van der Waals surface area contributed by atoms with Gasteiger partial charge in [-0.1, -0.05) is 13.8 Å². The van der Waals surface area contributed by atoms with Gasteiger partial charge in [-0.3, -0.25) is 19.2 Å². The number of amides is 4. The van der Waals surface area contributed by atoms with E-state index in [2.05, 4.69) is 152 Å². The summed E-state index contributed by atoms with van der Waals surface area (Å²) in [4.78, 5) is 148. The smallest absolute Gasteiger partial charge is 0.226 e. The van der Waals surface area contributed by atoms with Crippen molar-refractivity contribution in [3.8, 4) is 45.6 Å². The summed E-state index contributed by atoms with van der Waals surface area (Å²) >= 11 is 0. The van der Waals surface area contributed by atoms with Crippen LogP contribution in [-0.4, -0.2) is 251 Å². The lowest BCUT2D eigenvalue weighted by atomic mass is 9.81. The Morgan fingerprint density at radius 3 is 0.950 bits per heavy atom. The molecule has 7 atom stereocenters. The number of carbonyl (C=O) groups excluding carboxylic acids is 4. The molecule has 4 aliphatic carbocycles. The van der Waals surface area contributed by atoms with Gasteiger partial charge in [-0.2, -0.15) is 0 Å². The molecule has 4 saturated carbocycles. The van der Waals surface area contributed by atoms with Crippen molar-refractivity contribution in [3.05, 3.63) is 98.2 Å². The second-order valence-electron chi connectivity index (χ2n) is 33.0. The first-order chi connectivity index (χ1) is 58.8. The van der Waals surface area contributed by atoms with Gasteiger partial charge in [-0.05, 0) is 131 Å². The lowest BCUT2D eigenvalue weighted by Crippen LogP contribution is -2.44. The molecule has 12 aromatic rings. The van der Waals surface area contributed by atoms with Gasteiger partial charge >= 0.3 is 0 Å². The van der Waals surface area contributed by atoms with E-state index in [4.69, 9.17) is 24.7 Å². The van der Waals surface area contributed by atoms with E-state index in [-0.39, 0.29) is 59.9 Å². The highest BCUT2D eigenvalue weighted by atomic mass is 16.5. The van der Waals surface area contributed by atoms with Crippen LogP contribution in [0.25, 0.3) is 90.2 Å². The fraction of sp³-hybridized carbons (Fsp3) is 0.524. The van der Waals surface area contributed by atoms with E-state index in [0.29, 0.717) is 85.6 Å². The lowest BCUT2D eigenvalue weighted by molar-refractivity contribution is -0.142. The molecule has 20 rings (SSSR count). The van der Waals surface area contributed by atoms with Crippen LogP contribution in [0, 0.1) is 63.2 Å². The van der Waals surface area contributed by atoms with Gasteiger partial charge < -0.3 is 63.9 Å². The van der Waals surface area contributed by atoms with Crippen LogP contribution in [-0.2, 0) is 50.1 Å². The molecule has 37 nitrogen and oxygen atoms in total. The van der Waals surface area contributed by atoms with Crippen molar-refractivity contribution in [2.75, 3.05) is 80.7 Å². The third-order valence-electron chi connectivity index (χ3n) is 24.4. The second-order valence-corrected chi connectivity index (χ2v) is 33.0. The van der Waals surface area contributed by atoms with Crippen molar-refractivity contribution >= 4 is 91.6 Å². The highest BCUT2D eigenvalue weighted by Crippen LogP contribution is 2.41. The quantitative estimate of drug-likeness (QED) is 0.0522. The van der Waals surface area contributed by atoms with E-state index >= 15 is 0 Å². The van der Waals surface area contributed by atoms with E-state index in [9.17, 15) is 19.2 Å². The van der Waals surface area contributed by atoms with Gasteiger partial charge in [0.25, 0.3) is 0 Å². The minimum absolute atomic E-state index is 0.101. The van der Waals surface area contributed by atoms with Gasteiger partial charge in [0.05, 0.1) is 28.4 Å². The third-order valence-corrected chi connectivity index (χ3v) is 24.4. The fourth-order valence-corrected chi connectivity index (χ4v) is 16.9. The molecule has 16 heterocycles. The summed E-state index contributed by atoms with van der Waals surface area (Å²) in [5.41, 5.74) is 9.42. The molecule has 4 aliphatic heterocycles. The number of nitrogens with zero attached hydrogens (tertiary/aromatic N) is 28. The number of hydrogen-bond donors (Lipinski definition) is 4. The van der Waals surface area contributed by atoms with Gasteiger partial charge in [0.2, 0.25) is 23.6 Å². The maximum atomic E-state index is 12.8. The predicted octanol–water partition coefficient (Wildman–Crippen LogP) is 8.64. The number of ether oxygens (including phenoxy) is 1. The molecule has 4 amide bonds. The van der Waals surface area contributed by atoms with E-state index < -0.39 is 0 Å². The van der Waals surface area contributed by atoms with Gasteiger partial charge in [0.15, 0.2) is 67.9 Å². The summed E-state index contributed by atoms with van der Waals surface area (Å²) in [6.07, 6.45) is 30.3. The number of methoxy groups -OCH3 is 1. The zero-order chi connectivity index (χ0) is 83.9. The van der Waals surface area contributed by atoms with Gasteiger partial charge in [0.1, 0.15) is 71.9 Å². The number of aromatic nitrogens is 24. The predicted molar refractivity (Wildman–Crippen MR) is 452 cm³/mol. The average Bonchev–Trinajstić information content (AvgIpc) is 1.64. The number of nitrogens with one attached hydrogen (secondary N) is 4. The zero-order valence-electron chi connectivity index (χ0n) is 70.4. The van der Waals surface area contributed by atoms with Crippen LogP contribution in [0.5, 0.6) is 0 Å². The molecule has 4 N–H and O–H groups in total. The largest absolute Gasteiger partial charge is 0.381 e. The number of likely N-dealkylation sites (tertiary alicyclic amines) is 4. The monoisotopic (exact) mass is 1640 g/mol. The average molecular weight is 1640 g/mol. The first-order valence-corrected chi connectivity index (χ1v) is 42.6. The molecule has 8 fully saturated rings. The van der Waals surface area contributed by atoms with E-state index in [1.807, 2.05) is 56.4 Å². The van der Waals surface area contributed by atoms with Crippen molar-refractivity contribution in [3.63, 3.8) is 0 Å². The molecular weight excluding hydrogens is 1540 g/mol. The molecule has 0 radical (unpaired) electrons. The molecule has 0 spiro atoms. The normalized spacial score (nSPS) is 21.7. The fourth-order valence-electron chi connectivity index (χ4n) is 16.9. The summed E-state index contributed by atoms with van der Waals surface area (Å²) in [5.74, 6) is 11.7. The Hall–Kier alpha value is -12.4. The third kappa shape index (κ3) is 17.1. The molecule has 0 bridgehead atoms. The number of fused-ring (bicyclic) bond motifs is 4. The Morgan fingerprint density at radius 1 is 0.355 bits per heavy atom. The summed E-state index contributed by atoms with van der Waals surface area (Å²) in [7, 11) is 1.71. The van der Waals surface area contributed by atoms with Crippen LogP contribution in [0.1, 0.15) is 129 Å². The maximum Gasteiger partial charge on any atom is 0.226 e. The van der Waals surface area contributed by atoms with E-state index in [1.165, 1.54) is 0 Å². The lowest BCUT2D eigenvalue weighted by Gasteiger charge is -2.35. The first-order valence-electron chi connectivity index (χ1n) is 42.6. The van der Waals surface area contributed by atoms with Crippen molar-refractivity contribution in [2.24, 2.45) is 35.5 Å². The topological polar surface area (TPSA) is 416 Å². The van der Waals surface area contributed by atoms with Crippen LogP contribution < -0.4 is 21.3 Å². The van der Waals surface area contributed by atoms with E-state index in [1.54, 1.807) is 82.0 Å². The van der Waals surface area contributed by atoms with E-state index in [0.717, 1.165) is 224 Å². The highest BCUT2D eigenvalue weighted by Gasteiger charge is 2.45. The number of anilines is 4. The molecule has 0 aromatic carbocycles. The van der Waals surface area contributed by atoms with Gasteiger partial charge in [-0.15, -0.1) is 0 Å². The number of hydrogen-bond acceptors (Lipinski definition) is 29. The SMILES string of the molecule is CCn1c(-c2cnc(C)nc2)nc2c(NC3CN(C(=O)C4CC4)CC3C)ncnc21.CCn1c(-c2cnc(C)nc2)nc2c(N[C@H]3CCN(C(=O)C4CC(OC)C4)C3)ncnc21.CCn1c(-c2cnc(C)nc2)nc2c(N[C@H]3CCN(C(=O)C4CC4)C3)ncnc21.CCn1c(-c2cnc(C)nc2)nc2c(N[C@H]3CCN(C(=O)[C@H]4C[C@H]4C)C3)ncnc21. The van der Waals surface area contributed by atoms with Gasteiger partial charge in [-0.25, -0.2) is 99.7 Å². The van der Waals surface area contributed by atoms with Crippen LogP contribution >= 0.6 is 0 Å². The minimum Gasteiger partial charge on any atom is -0.381 e. The Kier molecular flexibility index (Phi) is 23.2. The maximum absolute atomic E-state index is 12.8. The molecule has 12 aromatic heterocycles. The van der Waals surface area contributed by atoms with Crippen LogP contribution in [0.15, 0.2) is 74.9 Å². The molecule has 4 saturated heterocycles. The van der Waals surface area contributed by atoms with Gasteiger partial charge in [0, 0.05) is 183 Å². The molecule has 8 aliphatic rings. The zero-order valence-corrected chi connectivity index (χ0v) is 70.4. The van der Waals surface area contributed by atoms with Crippen molar-refractivity contribution in [1.82, 2.24) is 138 Å². The molecule has 37 heteroatoms. The number of imidazole rings is 4. The molecule has 630 valence electrons. The Labute approximate surface area is 699 Å². The Bertz CT molecular complexity index is 5760. The summed E-state index contributed by atoms with van der Waals surface area (Å²) < 4.78 is 13.5. The van der Waals surface area contributed by atoms with Crippen LogP contribution in [0.4, 0.5) is 23.3 Å². The van der Waals surface area contributed by atoms with Crippen LogP contribution in [0.2, 0.25) is 0 Å². The number of carbonyl (C=O) groups is 4. The Balaban J connectivity index is 0.000000115. The van der Waals surface area contributed by atoms with Crippen molar-refractivity contribution < 1.29 is 23.9 Å². The van der Waals surface area contributed by atoms with Crippen molar-refractivity contribution in [2.45, 2.75) is 190 Å². The summed E-state index contributed by atoms with van der Waals surface area (Å²) in [5, 5.41) is 14.1. The summed E-state index contributed by atoms with van der Waals surface area (Å²) in [6, 6.07) is 0.616. The Morgan fingerprint density at radius 2 is 0.653 bits per heavy atom. The second kappa shape index (κ2) is 34.7. The highest BCUT2D eigenvalue weighted by molar-refractivity contribution is 5.91. The number of aryl methyl sites for hydroxylation is 8. The molecular formula is C84H104N32O5. The van der Waals surface area contributed by atoms with Crippen molar-refractivity contribution in [1.29, 1.82) is 0 Å². The first kappa shape index (κ1) is 80.9. The standard InChI is InChI=1S/C22H28N8O2.2C21H26N8O.C20H24N8O/c1-4-30-20(15-9-23-13(2)24-10-15)28-18-19(25-12-26-21(18)30)27-16-5-6-29(11-16)22(31)14-7-17(8-14)32-3;1-4-29-19(15-7-22-13(3)23-8-15)27-17-18(24-11-25-20(17)29)26-16-10-28(9-12(16)2)21(30)14-5-6-14;1-4-29-19(14-8-22-13(3)23-9-14)27-17-18(24-11-25-20(17)29)26-15-5-6-28(10-15)21(30)16-7-12(16)2;1-3-28-18(14-8-21-12(2)22-9-14)26-16-17(23-11-24-19(16)28)25-15-6-7-27(10-15)20(29)13-4-5-13/h9-10,12,14,16-17H,4-8,11H2,1-3H3,(H,25,26,27);7-8,11-12,14,16H,4-6,9-10H2,1-3H3,(H,24,25,26);8-9,11-12,15-16H,4-7,10H2,1-3H3,(H,24,25,26);8-9,11,13,15H,3-7,10H2,1-2H3,(H,23,24,25)/t14?,16-,17?;;12-,15+,16+;15-/m0.10/s1. The number of rotatable bonds is 21. The molecule has 121 heavy (non-hydrogen) atoms. The minimum atomic E-state index is 0.101. The molecule has 2 unspecified atom stereocenters. The van der Waals surface area contributed by atoms with Crippen LogP contribution in [0.3, 0.4) is 0 Å².